The van der Waals surface area contributed by atoms with E-state index in [2.05, 4.69) is 17.2 Å². The summed E-state index contributed by atoms with van der Waals surface area (Å²) in [6.45, 7) is 1.49. The number of benzene rings is 1. The first-order valence-corrected chi connectivity index (χ1v) is 4.35. The number of carbonyl (C=O) groups excluding carboxylic acids is 1. The number of carbonyl (C=O) groups is 1. The molecule has 0 N–H and O–H groups in total. The zero-order valence-electron chi connectivity index (χ0n) is 7.76. The standard InChI is InChI=1S/C9H6N2O3S/c1-6-7(9(12)10-5-15)3-2-4-8(6)11(13)14/h2-4H,1H3. The highest BCUT2D eigenvalue weighted by atomic mass is 32.1. The normalized spacial score (nSPS) is 9.13. The van der Waals surface area contributed by atoms with Gasteiger partial charge in [-0.2, -0.15) is 4.99 Å². The molecule has 0 spiro atoms. The van der Waals surface area contributed by atoms with Crippen LogP contribution in [0.2, 0.25) is 0 Å². The second-order valence-corrected chi connectivity index (χ2v) is 2.90. The third-order valence-electron chi connectivity index (χ3n) is 1.88. The number of aliphatic imine (C=N–C) groups is 1. The topological polar surface area (TPSA) is 72.6 Å². The largest absolute Gasteiger partial charge is 0.286 e. The van der Waals surface area contributed by atoms with Crippen molar-refractivity contribution in [1.29, 1.82) is 0 Å². The Hall–Kier alpha value is -1.91. The molecule has 0 aliphatic heterocycles. The molecule has 0 unspecified atom stereocenters. The third kappa shape index (κ3) is 2.31. The Morgan fingerprint density at radius 3 is 2.80 bits per heavy atom. The molecule has 1 rings (SSSR count). The third-order valence-corrected chi connectivity index (χ3v) is 1.97. The van der Waals surface area contributed by atoms with Gasteiger partial charge in [-0.15, -0.1) is 0 Å². The van der Waals surface area contributed by atoms with Crippen molar-refractivity contribution < 1.29 is 9.72 Å². The van der Waals surface area contributed by atoms with Crippen molar-refractivity contribution in [3.8, 4) is 0 Å². The molecule has 0 aliphatic carbocycles. The van der Waals surface area contributed by atoms with Crippen LogP contribution in [0.25, 0.3) is 0 Å². The van der Waals surface area contributed by atoms with Crippen LogP contribution in [0, 0.1) is 17.0 Å². The van der Waals surface area contributed by atoms with Gasteiger partial charge in [0.15, 0.2) is 0 Å². The Bertz CT molecular complexity index is 478. The molecule has 0 bridgehead atoms. The quantitative estimate of drug-likeness (QED) is 0.332. The second-order valence-electron chi connectivity index (χ2n) is 2.72. The van der Waals surface area contributed by atoms with Gasteiger partial charge in [0, 0.05) is 11.6 Å². The van der Waals surface area contributed by atoms with Crippen LogP contribution in [0.15, 0.2) is 23.2 Å². The van der Waals surface area contributed by atoms with Crippen LogP contribution in [0.3, 0.4) is 0 Å². The van der Waals surface area contributed by atoms with E-state index in [1.165, 1.54) is 25.1 Å². The average Bonchev–Trinajstić information content (AvgIpc) is 2.17. The first-order valence-electron chi connectivity index (χ1n) is 3.94. The van der Waals surface area contributed by atoms with Crippen molar-refractivity contribution in [3.63, 3.8) is 0 Å². The Labute approximate surface area is 90.6 Å². The highest BCUT2D eigenvalue weighted by molar-refractivity contribution is 7.78. The summed E-state index contributed by atoms with van der Waals surface area (Å²) in [5.41, 5.74) is 0.337. The lowest BCUT2D eigenvalue weighted by atomic mass is 10.1. The number of nitro benzene ring substituents is 1. The summed E-state index contributed by atoms with van der Waals surface area (Å²) in [5.74, 6) is -0.619. The van der Waals surface area contributed by atoms with Crippen molar-refractivity contribution >= 4 is 29.0 Å². The predicted molar refractivity (Wildman–Crippen MR) is 57.2 cm³/mol. The molecule has 0 atom stereocenters. The summed E-state index contributed by atoms with van der Waals surface area (Å²) in [5, 5.41) is 12.5. The van der Waals surface area contributed by atoms with E-state index in [1.807, 2.05) is 5.16 Å². The summed E-state index contributed by atoms with van der Waals surface area (Å²) < 4.78 is 0. The molecule has 1 amide bonds. The lowest BCUT2D eigenvalue weighted by Gasteiger charge is -2.00. The van der Waals surface area contributed by atoms with Crippen molar-refractivity contribution in [2.45, 2.75) is 6.92 Å². The first-order chi connectivity index (χ1) is 7.07. The monoisotopic (exact) mass is 222 g/mol. The van der Waals surface area contributed by atoms with Gasteiger partial charge in [-0.3, -0.25) is 14.9 Å². The molecule has 0 fully saturated rings. The van der Waals surface area contributed by atoms with E-state index < -0.39 is 10.8 Å². The number of amides is 1. The zero-order chi connectivity index (χ0) is 11.4. The van der Waals surface area contributed by atoms with Gasteiger partial charge in [0.05, 0.1) is 15.6 Å². The van der Waals surface area contributed by atoms with E-state index in [0.717, 1.165) is 0 Å². The van der Waals surface area contributed by atoms with Gasteiger partial charge >= 0.3 is 0 Å². The highest BCUT2D eigenvalue weighted by Crippen LogP contribution is 2.21. The number of hydrogen-bond donors (Lipinski definition) is 0. The van der Waals surface area contributed by atoms with E-state index in [-0.39, 0.29) is 16.8 Å². The highest BCUT2D eigenvalue weighted by Gasteiger charge is 2.16. The summed E-state index contributed by atoms with van der Waals surface area (Å²) >= 11 is 4.28. The Morgan fingerprint density at radius 2 is 2.27 bits per heavy atom. The molecule has 15 heavy (non-hydrogen) atoms. The minimum absolute atomic E-state index is 0.111. The number of isothiocyanates is 1. The van der Waals surface area contributed by atoms with Crippen LogP contribution in [0.1, 0.15) is 15.9 Å². The fourth-order valence-electron chi connectivity index (χ4n) is 1.15. The predicted octanol–water partition coefficient (Wildman–Crippen LogP) is 2.15. The van der Waals surface area contributed by atoms with Gasteiger partial charge in [-0.1, -0.05) is 6.07 Å². The summed E-state index contributed by atoms with van der Waals surface area (Å²) in [6, 6.07) is 4.21. The van der Waals surface area contributed by atoms with Crippen LogP contribution in [-0.2, 0) is 0 Å². The molecule has 6 heteroatoms. The Kier molecular flexibility index (Phi) is 3.38. The lowest BCUT2D eigenvalue weighted by molar-refractivity contribution is -0.385. The van der Waals surface area contributed by atoms with Crippen LogP contribution in [0.5, 0.6) is 0 Å². The van der Waals surface area contributed by atoms with Gasteiger partial charge in [-0.05, 0) is 25.2 Å². The molecular formula is C9H6N2O3S. The fraction of sp³-hybridized carbons (Fsp3) is 0.111. The van der Waals surface area contributed by atoms with E-state index in [1.54, 1.807) is 0 Å². The van der Waals surface area contributed by atoms with Gasteiger partial charge in [0.1, 0.15) is 0 Å². The number of nitrogens with zero attached hydrogens (tertiary/aromatic N) is 2. The molecule has 0 radical (unpaired) electrons. The van der Waals surface area contributed by atoms with Crippen molar-refractivity contribution in [2.24, 2.45) is 4.99 Å². The average molecular weight is 222 g/mol. The Balaban J connectivity index is 3.32. The SMILES string of the molecule is Cc1c(C(=O)N=C=S)cccc1[N+](=O)[O-]. The number of hydrogen-bond acceptors (Lipinski definition) is 4. The zero-order valence-corrected chi connectivity index (χ0v) is 8.58. The van der Waals surface area contributed by atoms with Gasteiger partial charge in [0.2, 0.25) is 0 Å². The smallest absolute Gasteiger partial charge is 0.266 e. The maximum atomic E-state index is 11.3. The molecular weight excluding hydrogens is 216 g/mol. The molecule has 0 heterocycles. The van der Waals surface area contributed by atoms with E-state index >= 15 is 0 Å². The molecule has 0 aliphatic rings. The lowest BCUT2D eigenvalue weighted by Crippen LogP contribution is -2.01. The second kappa shape index (κ2) is 4.54. The summed E-state index contributed by atoms with van der Waals surface area (Å²) in [6.07, 6.45) is 0. The van der Waals surface area contributed by atoms with Crippen LogP contribution in [0.4, 0.5) is 5.69 Å². The number of nitro groups is 1. The Morgan fingerprint density at radius 1 is 1.60 bits per heavy atom. The van der Waals surface area contributed by atoms with Crippen molar-refractivity contribution in [2.75, 3.05) is 0 Å². The minimum atomic E-state index is -0.619. The summed E-state index contributed by atoms with van der Waals surface area (Å²) in [7, 11) is 0. The van der Waals surface area contributed by atoms with E-state index in [4.69, 9.17) is 0 Å². The van der Waals surface area contributed by atoms with Crippen LogP contribution < -0.4 is 0 Å². The molecule has 76 valence electrons. The van der Waals surface area contributed by atoms with Crippen molar-refractivity contribution in [3.05, 3.63) is 39.4 Å². The van der Waals surface area contributed by atoms with E-state index in [0.29, 0.717) is 0 Å². The van der Waals surface area contributed by atoms with Crippen LogP contribution in [-0.4, -0.2) is 16.0 Å². The molecule has 0 saturated heterocycles. The molecule has 0 aromatic heterocycles. The van der Waals surface area contributed by atoms with Gasteiger partial charge < -0.3 is 0 Å². The van der Waals surface area contributed by atoms with Gasteiger partial charge in [0.25, 0.3) is 11.6 Å². The summed E-state index contributed by atoms with van der Waals surface area (Å²) in [4.78, 5) is 24.6. The van der Waals surface area contributed by atoms with Crippen molar-refractivity contribution in [1.82, 2.24) is 0 Å². The number of rotatable bonds is 2. The molecule has 1 aromatic rings. The molecule has 1 aromatic carbocycles. The maximum absolute atomic E-state index is 11.3. The number of thiocarbonyl (C=S) groups is 1. The minimum Gasteiger partial charge on any atom is -0.266 e. The maximum Gasteiger partial charge on any atom is 0.286 e. The fourth-order valence-corrected chi connectivity index (χ4v) is 1.24. The van der Waals surface area contributed by atoms with E-state index in [9.17, 15) is 14.9 Å². The first kappa shape index (κ1) is 11.2. The van der Waals surface area contributed by atoms with Crippen LogP contribution >= 0.6 is 12.2 Å². The molecule has 5 nitrogen and oxygen atoms in total. The van der Waals surface area contributed by atoms with Gasteiger partial charge in [-0.25, -0.2) is 0 Å². The molecule has 0 saturated carbocycles.